The molecule has 1 aromatic heterocycles. The van der Waals surface area contributed by atoms with Gasteiger partial charge in [0.15, 0.2) is 0 Å². The first kappa shape index (κ1) is 23.0. The van der Waals surface area contributed by atoms with Gasteiger partial charge < -0.3 is 10.2 Å². The summed E-state index contributed by atoms with van der Waals surface area (Å²) in [5.41, 5.74) is 2.24. The van der Waals surface area contributed by atoms with E-state index in [1.165, 1.54) is 0 Å². The highest BCUT2D eigenvalue weighted by Crippen LogP contribution is 2.36. The molecule has 2 aromatic rings. The second-order valence-corrected chi connectivity index (χ2v) is 10.1. The lowest BCUT2D eigenvalue weighted by Gasteiger charge is -2.44. The van der Waals surface area contributed by atoms with Crippen LogP contribution in [-0.4, -0.2) is 40.8 Å². The van der Waals surface area contributed by atoms with Crippen LogP contribution in [0.2, 0.25) is 0 Å². The number of amides is 2. The summed E-state index contributed by atoms with van der Waals surface area (Å²) in [6, 6.07) is 12.4. The molecule has 2 heterocycles. The van der Waals surface area contributed by atoms with Gasteiger partial charge in [0.2, 0.25) is 11.8 Å². The molecule has 3 rings (SSSR count). The van der Waals surface area contributed by atoms with Crippen LogP contribution in [0.3, 0.4) is 0 Å². The molecule has 0 aliphatic carbocycles. The van der Waals surface area contributed by atoms with Crippen molar-refractivity contribution in [3.8, 4) is 11.1 Å². The van der Waals surface area contributed by atoms with Crippen molar-refractivity contribution in [2.75, 3.05) is 13.1 Å². The Balaban J connectivity index is 1.93. The summed E-state index contributed by atoms with van der Waals surface area (Å²) in [6.07, 6.45) is 5.79. The van der Waals surface area contributed by atoms with E-state index in [9.17, 15) is 9.59 Å². The number of rotatable bonds is 5. The molecule has 31 heavy (non-hydrogen) atoms. The minimum absolute atomic E-state index is 0.0447. The molecule has 0 saturated carbocycles. The number of likely N-dealkylation sites (tertiary alicyclic amines) is 1. The zero-order valence-electron chi connectivity index (χ0n) is 19.4. The number of benzene rings is 1. The third-order valence-corrected chi connectivity index (χ3v) is 5.89. The highest BCUT2D eigenvalue weighted by molar-refractivity contribution is 5.86. The van der Waals surface area contributed by atoms with Crippen LogP contribution in [0, 0.1) is 10.8 Å². The van der Waals surface area contributed by atoms with Gasteiger partial charge in [0, 0.05) is 36.9 Å². The SMILES string of the molecule is CC(C)NC(=O)[C@@]1(Cc2cccc(-c3ccncc3)c2)CCCN(C(=O)C(C)(C)C)C1. The third-order valence-electron chi connectivity index (χ3n) is 5.89. The molecule has 0 bridgehead atoms. The van der Waals surface area contributed by atoms with Crippen LogP contribution in [0.1, 0.15) is 53.0 Å². The van der Waals surface area contributed by atoms with Crippen molar-refractivity contribution < 1.29 is 9.59 Å². The fourth-order valence-corrected chi connectivity index (χ4v) is 4.40. The smallest absolute Gasteiger partial charge is 0.228 e. The number of nitrogens with one attached hydrogen (secondary N) is 1. The fraction of sp³-hybridized carbons (Fsp3) is 0.500. The van der Waals surface area contributed by atoms with E-state index in [0.29, 0.717) is 19.5 Å². The molecule has 5 heteroatoms. The van der Waals surface area contributed by atoms with Crippen LogP contribution in [0.5, 0.6) is 0 Å². The van der Waals surface area contributed by atoms with E-state index in [4.69, 9.17) is 0 Å². The molecule has 0 radical (unpaired) electrons. The first-order valence-electron chi connectivity index (χ1n) is 11.2. The van der Waals surface area contributed by atoms with Crippen molar-refractivity contribution in [1.29, 1.82) is 0 Å². The van der Waals surface area contributed by atoms with Gasteiger partial charge >= 0.3 is 0 Å². The second-order valence-electron chi connectivity index (χ2n) is 10.1. The summed E-state index contributed by atoms with van der Waals surface area (Å²) in [6.45, 7) is 11.0. The van der Waals surface area contributed by atoms with Gasteiger partial charge in [-0.05, 0) is 61.9 Å². The Morgan fingerprint density at radius 2 is 1.84 bits per heavy atom. The fourth-order valence-electron chi connectivity index (χ4n) is 4.40. The Bertz CT molecular complexity index is 918. The van der Waals surface area contributed by atoms with Gasteiger partial charge in [-0.25, -0.2) is 0 Å². The minimum atomic E-state index is -0.625. The Kier molecular flexibility index (Phi) is 6.83. The molecule has 166 valence electrons. The normalized spacial score (nSPS) is 19.4. The molecule has 0 unspecified atom stereocenters. The van der Waals surface area contributed by atoms with E-state index < -0.39 is 10.8 Å². The van der Waals surface area contributed by atoms with Crippen molar-refractivity contribution in [3.63, 3.8) is 0 Å². The molecule has 1 aliphatic heterocycles. The number of carbonyl (C=O) groups excluding carboxylic acids is 2. The average molecular weight is 422 g/mol. The van der Waals surface area contributed by atoms with Crippen LogP contribution < -0.4 is 5.32 Å². The molecule has 1 aromatic carbocycles. The molecule has 1 saturated heterocycles. The summed E-state index contributed by atoms with van der Waals surface area (Å²) in [5.74, 6) is 0.155. The topological polar surface area (TPSA) is 62.3 Å². The molecule has 2 amide bonds. The second kappa shape index (κ2) is 9.21. The Morgan fingerprint density at radius 3 is 2.48 bits per heavy atom. The van der Waals surface area contributed by atoms with E-state index in [0.717, 1.165) is 29.5 Å². The minimum Gasteiger partial charge on any atom is -0.353 e. The molecular weight excluding hydrogens is 386 g/mol. The number of piperidine rings is 1. The molecular formula is C26H35N3O2. The standard InChI is InChI=1S/C26H35N3O2/c1-19(2)28-23(30)26(12-7-15-29(18-26)24(31)25(3,4)5)17-20-8-6-9-22(16-20)21-10-13-27-14-11-21/h6,8-11,13-14,16,19H,7,12,15,17-18H2,1-5H3,(H,28,30)/t26-/m1/s1. The maximum atomic E-state index is 13.5. The lowest BCUT2D eigenvalue weighted by molar-refractivity contribution is -0.147. The summed E-state index contributed by atoms with van der Waals surface area (Å²) in [5, 5.41) is 3.13. The van der Waals surface area contributed by atoms with Gasteiger partial charge in [-0.15, -0.1) is 0 Å². The van der Waals surface area contributed by atoms with Gasteiger partial charge in [0.1, 0.15) is 0 Å². The number of hydrogen-bond donors (Lipinski definition) is 1. The van der Waals surface area contributed by atoms with Crippen LogP contribution in [0.4, 0.5) is 0 Å². The van der Waals surface area contributed by atoms with Gasteiger partial charge in [0.05, 0.1) is 5.41 Å². The first-order chi connectivity index (χ1) is 14.6. The van der Waals surface area contributed by atoms with Gasteiger partial charge in [-0.3, -0.25) is 14.6 Å². The number of nitrogens with zero attached hydrogens (tertiary/aromatic N) is 2. The summed E-state index contributed by atoms with van der Waals surface area (Å²) < 4.78 is 0. The van der Waals surface area contributed by atoms with E-state index >= 15 is 0 Å². The maximum Gasteiger partial charge on any atom is 0.228 e. The zero-order chi connectivity index (χ0) is 22.6. The zero-order valence-corrected chi connectivity index (χ0v) is 19.4. The molecule has 1 aliphatic rings. The number of aromatic nitrogens is 1. The van der Waals surface area contributed by atoms with Crippen molar-refractivity contribution in [2.45, 2.75) is 59.9 Å². The molecule has 0 spiro atoms. The van der Waals surface area contributed by atoms with Crippen LogP contribution in [0.15, 0.2) is 48.8 Å². The third kappa shape index (κ3) is 5.52. The molecule has 1 fully saturated rings. The highest BCUT2D eigenvalue weighted by Gasteiger charge is 2.45. The van der Waals surface area contributed by atoms with Gasteiger partial charge in [0.25, 0.3) is 0 Å². The van der Waals surface area contributed by atoms with Gasteiger partial charge in [-0.2, -0.15) is 0 Å². The summed E-state index contributed by atoms with van der Waals surface area (Å²) in [7, 11) is 0. The lowest BCUT2D eigenvalue weighted by atomic mass is 9.73. The van der Waals surface area contributed by atoms with E-state index in [1.54, 1.807) is 12.4 Å². The number of pyridine rings is 1. The highest BCUT2D eigenvalue weighted by atomic mass is 16.2. The van der Waals surface area contributed by atoms with Crippen molar-refractivity contribution in [3.05, 3.63) is 54.4 Å². The predicted octanol–water partition coefficient (Wildman–Crippen LogP) is 4.47. The summed E-state index contributed by atoms with van der Waals surface area (Å²) >= 11 is 0. The van der Waals surface area contributed by atoms with E-state index in [2.05, 4.69) is 28.5 Å². The quantitative estimate of drug-likeness (QED) is 0.775. The largest absolute Gasteiger partial charge is 0.353 e. The van der Waals surface area contributed by atoms with Crippen LogP contribution in [0.25, 0.3) is 11.1 Å². The Hall–Kier alpha value is -2.69. The Morgan fingerprint density at radius 1 is 1.13 bits per heavy atom. The van der Waals surface area contributed by atoms with Crippen molar-refractivity contribution >= 4 is 11.8 Å². The number of carbonyl (C=O) groups is 2. The van der Waals surface area contributed by atoms with Crippen LogP contribution >= 0.6 is 0 Å². The van der Waals surface area contributed by atoms with Gasteiger partial charge in [-0.1, -0.05) is 45.0 Å². The van der Waals surface area contributed by atoms with E-state index in [-0.39, 0.29) is 17.9 Å². The van der Waals surface area contributed by atoms with Crippen molar-refractivity contribution in [1.82, 2.24) is 15.2 Å². The maximum absolute atomic E-state index is 13.5. The predicted molar refractivity (Wildman–Crippen MR) is 124 cm³/mol. The van der Waals surface area contributed by atoms with E-state index in [1.807, 2.05) is 57.7 Å². The van der Waals surface area contributed by atoms with Crippen molar-refractivity contribution in [2.24, 2.45) is 10.8 Å². The molecule has 5 nitrogen and oxygen atoms in total. The average Bonchev–Trinajstić information content (AvgIpc) is 2.73. The molecule has 1 N–H and O–H groups in total. The monoisotopic (exact) mass is 421 g/mol. The number of hydrogen-bond acceptors (Lipinski definition) is 3. The Labute approximate surface area is 186 Å². The molecule has 1 atom stereocenters. The first-order valence-corrected chi connectivity index (χ1v) is 11.2. The summed E-state index contributed by atoms with van der Waals surface area (Å²) in [4.78, 5) is 32.5. The lowest BCUT2D eigenvalue weighted by Crippen LogP contribution is -2.56. The van der Waals surface area contributed by atoms with Crippen LogP contribution in [-0.2, 0) is 16.0 Å².